The van der Waals surface area contributed by atoms with Gasteiger partial charge in [0.15, 0.2) is 0 Å². The minimum absolute atomic E-state index is 0.108. The van der Waals surface area contributed by atoms with Gasteiger partial charge in [-0.2, -0.15) is 5.26 Å². The van der Waals surface area contributed by atoms with Crippen LogP contribution in [0.15, 0.2) is 54.6 Å². The van der Waals surface area contributed by atoms with Crippen molar-refractivity contribution in [3.63, 3.8) is 0 Å². The molecule has 20 heavy (non-hydrogen) atoms. The van der Waals surface area contributed by atoms with Crippen molar-refractivity contribution in [2.24, 2.45) is 0 Å². The van der Waals surface area contributed by atoms with E-state index in [2.05, 4.69) is 0 Å². The summed E-state index contributed by atoms with van der Waals surface area (Å²) in [6.07, 6.45) is -2.26. The summed E-state index contributed by atoms with van der Waals surface area (Å²) in [4.78, 5) is 0. The van der Waals surface area contributed by atoms with Crippen molar-refractivity contribution in [1.82, 2.24) is 0 Å². The summed E-state index contributed by atoms with van der Waals surface area (Å²) in [5.41, 5.74) is 0.549. The zero-order chi connectivity index (χ0) is 14.4. The van der Waals surface area contributed by atoms with Crippen LogP contribution in [0.1, 0.15) is 18.1 Å². The van der Waals surface area contributed by atoms with Crippen LogP contribution in [0.25, 0.3) is 0 Å². The first-order valence-corrected chi connectivity index (χ1v) is 6.26. The maximum absolute atomic E-state index is 9.86. The lowest BCUT2D eigenvalue weighted by atomic mass is 10.0. The van der Waals surface area contributed by atoms with Crippen LogP contribution in [-0.4, -0.2) is 16.3 Å². The lowest BCUT2D eigenvalue weighted by molar-refractivity contribution is 0.0216. The molecule has 0 heterocycles. The van der Waals surface area contributed by atoms with Crippen LogP contribution in [0.4, 0.5) is 0 Å². The number of rotatable bonds is 5. The predicted molar refractivity (Wildman–Crippen MR) is 74.2 cm³/mol. The first kappa shape index (κ1) is 14.1. The van der Waals surface area contributed by atoms with Gasteiger partial charge in [0.25, 0.3) is 0 Å². The van der Waals surface area contributed by atoms with E-state index >= 15 is 0 Å². The number of hydrogen-bond acceptors (Lipinski definition) is 4. The Bertz CT molecular complexity index is 575. The minimum Gasteiger partial charge on any atom is -0.457 e. The molecule has 0 aliphatic carbocycles. The van der Waals surface area contributed by atoms with E-state index in [1.54, 1.807) is 24.3 Å². The molecular formula is C16H15NO3. The molecule has 2 N–H and O–H groups in total. The van der Waals surface area contributed by atoms with Crippen molar-refractivity contribution >= 4 is 0 Å². The van der Waals surface area contributed by atoms with Crippen LogP contribution in [0.3, 0.4) is 0 Å². The summed E-state index contributed by atoms with van der Waals surface area (Å²) in [6.45, 7) is 0. The lowest BCUT2D eigenvalue weighted by Gasteiger charge is -2.15. The highest BCUT2D eigenvalue weighted by Gasteiger charge is 2.17. The van der Waals surface area contributed by atoms with E-state index in [1.807, 2.05) is 36.4 Å². The van der Waals surface area contributed by atoms with Gasteiger partial charge in [0.05, 0.1) is 18.6 Å². The molecule has 4 heteroatoms. The summed E-state index contributed by atoms with van der Waals surface area (Å²) in [7, 11) is 0. The Morgan fingerprint density at radius 3 is 2.15 bits per heavy atom. The van der Waals surface area contributed by atoms with Gasteiger partial charge in [-0.05, 0) is 29.8 Å². The van der Waals surface area contributed by atoms with Crippen LogP contribution < -0.4 is 4.74 Å². The van der Waals surface area contributed by atoms with Crippen molar-refractivity contribution < 1.29 is 14.9 Å². The van der Waals surface area contributed by atoms with Gasteiger partial charge in [-0.25, -0.2) is 0 Å². The Balaban J connectivity index is 2.05. The van der Waals surface area contributed by atoms with Crippen molar-refractivity contribution in [2.75, 3.05) is 0 Å². The standard InChI is InChI=1S/C16H15NO3/c17-11-10-15(18)16(19)12-6-8-14(9-7-12)20-13-4-2-1-3-5-13/h1-9,15-16,18-19H,10H2. The second-order valence-electron chi connectivity index (χ2n) is 4.36. The Morgan fingerprint density at radius 2 is 1.55 bits per heavy atom. The Labute approximate surface area is 117 Å². The van der Waals surface area contributed by atoms with Gasteiger partial charge in [-0.3, -0.25) is 0 Å². The van der Waals surface area contributed by atoms with E-state index in [0.29, 0.717) is 11.3 Å². The SMILES string of the molecule is N#CCC(O)C(O)c1ccc(Oc2ccccc2)cc1. The quantitative estimate of drug-likeness (QED) is 0.875. The van der Waals surface area contributed by atoms with Crippen LogP contribution in [0.2, 0.25) is 0 Å². The number of nitrogens with zero attached hydrogens (tertiary/aromatic N) is 1. The molecule has 102 valence electrons. The van der Waals surface area contributed by atoms with Crippen LogP contribution in [0, 0.1) is 11.3 Å². The molecule has 2 atom stereocenters. The molecule has 0 saturated carbocycles. The predicted octanol–water partition coefficient (Wildman–Crippen LogP) is 2.79. The van der Waals surface area contributed by atoms with E-state index in [9.17, 15) is 10.2 Å². The molecule has 0 fully saturated rings. The topological polar surface area (TPSA) is 73.5 Å². The Hall–Kier alpha value is -2.35. The van der Waals surface area contributed by atoms with E-state index in [-0.39, 0.29) is 6.42 Å². The van der Waals surface area contributed by atoms with Gasteiger partial charge < -0.3 is 14.9 Å². The zero-order valence-electron chi connectivity index (χ0n) is 10.8. The molecule has 0 aromatic heterocycles. The molecule has 2 aromatic rings. The summed E-state index contributed by atoms with van der Waals surface area (Å²) in [6, 6.07) is 18.0. The van der Waals surface area contributed by atoms with E-state index < -0.39 is 12.2 Å². The molecule has 0 spiro atoms. The van der Waals surface area contributed by atoms with E-state index in [4.69, 9.17) is 10.00 Å². The van der Waals surface area contributed by atoms with Gasteiger partial charge in [0.1, 0.15) is 17.6 Å². The summed E-state index contributed by atoms with van der Waals surface area (Å²) >= 11 is 0. The molecule has 0 saturated heterocycles. The normalized spacial score (nSPS) is 13.2. The van der Waals surface area contributed by atoms with Crippen molar-refractivity contribution in [3.8, 4) is 17.6 Å². The monoisotopic (exact) mass is 269 g/mol. The fourth-order valence-electron chi connectivity index (χ4n) is 1.78. The van der Waals surface area contributed by atoms with Gasteiger partial charge in [0.2, 0.25) is 0 Å². The molecule has 2 aromatic carbocycles. The maximum atomic E-state index is 9.86. The average molecular weight is 269 g/mol. The molecule has 0 aliphatic heterocycles. The van der Waals surface area contributed by atoms with E-state index in [0.717, 1.165) is 5.75 Å². The highest BCUT2D eigenvalue weighted by Crippen LogP contribution is 2.25. The highest BCUT2D eigenvalue weighted by molar-refractivity contribution is 5.33. The Morgan fingerprint density at radius 1 is 0.950 bits per heavy atom. The molecule has 4 nitrogen and oxygen atoms in total. The second kappa shape index (κ2) is 6.71. The molecule has 0 aliphatic rings. The maximum Gasteiger partial charge on any atom is 0.127 e. The number of hydrogen-bond donors (Lipinski definition) is 2. The smallest absolute Gasteiger partial charge is 0.127 e. The Kier molecular flexibility index (Phi) is 4.72. The highest BCUT2D eigenvalue weighted by atomic mass is 16.5. The first-order valence-electron chi connectivity index (χ1n) is 6.26. The fraction of sp³-hybridized carbons (Fsp3) is 0.188. The largest absolute Gasteiger partial charge is 0.457 e. The third-order valence-corrected chi connectivity index (χ3v) is 2.87. The summed E-state index contributed by atoms with van der Waals surface area (Å²) in [5, 5.41) is 27.9. The summed E-state index contributed by atoms with van der Waals surface area (Å²) < 4.78 is 5.62. The van der Waals surface area contributed by atoms with Crippen molar-refractivity contribution in [1.29, 1.82) is 5.26 Å². The number of ether oxygens (including phenoxy) is 1. The van der Waals surface area contributed by atoms with Gasteiger partial charge in [0, 0.05) is 0 Å². The molecule has 2 rings (SSSR count). The van der Waals surface area contributed by atoms with Gasteiger partial charge >= 0.3 is 0 Å². The third-order valence-electron chi connectivity index (χ3n) is 2.87. The molecule has 0 bridgehead atoms. The summed E-state index contributed by atoms with van der Waals surface area (Å²) in [5.74, 6) is 1.37. The number of aliphatic hydroxyl groups excluding tert-OH is 2. The molecular weight excluding hydrogens is 254 g/mol. The zero-order valence-corrected chi connectivity index (χ0v) is 10.8. The third kappa shape index (κ3) is 3.58. The van der Waals surface area contributed by atoms with E-state index in [1.165, 1.54) is 0 Å². The molecule has 2 unspecified atom stereocenters. The fourth-order valence-corrected chi connectivity index (χ4v) is 1.78. The number of benzene rings is 2. The van der Waals surface area contributed by atoms with Crippen LogP contribution in [-0.2, 0) is 0 Å². The number of para-hydroxylation sites is 1. The number of aliphatic hydroxyl groups is 2. The van der Waals surface area contributed by atoms with Crippen molar-refractivity contribution in [3.05, 3.63) is 60.2 Å². The van der Waals surface area contributed by atoms with Crippen molar-refractivity contribution in [2.45, 2.75) is 18.6 Å². The average Bonchev–Trinajstić information content (AvgIpc) is 2.48. The molecule has 0 amide bonds. The first-order chi connectivity index (χ1) is 9.70. The van der Waals surface area contributed by atoms with Gasteiger partial charge in [-0.15, -0.1) is 0 Å². The second-order valence-corrected chi connectivity index (χ2v) is 4.36. The van der Waals surface area contributed by atoms with Crippen LogP contribution >= 0.6 is 0 Å². The number of nitriles is 1. The van der Waals surface area contributed by atoms with Crippen LogP contribution in [0.5, 0.6) is 11.5 Å². The lowest BCUT2D eigenvalue weighted by Crippen LogP contribution is -2.17. The minimum atomic E-state index is -1.08. The molecule has 0 radical (unpaired) electrons. The van der Waals surface area contributed by atoms with Gasteiger partial charge in [-0.1, -0.05) is 30.3 Å².